The van der Waals surface area contributed by atoms with Gasteiger partial charge in [-0.1, -0.05) is 24.3 Å². The lowest BCUT2D eigenvalue weighted by molar-refractivity contribution is -0.137. The zero-order chi connectivity index (χ0) is 25.2. The molecule has 0 radical (unpaired) electrons. The second-order valence-corrected chi connectivity index (χ2v) is 8.95. The van der Waals surface area contributed by atoms with Gasteiger partial charge < -0.3 is 20.1 Å². The summed E-state index contributed by atoms with van der Waals surface area (Å²) in [7, 11) is 2.03. The molecular formula is C24H25F3N5O2P. The van der Waals surface area contributed by atoms with E-state index in [-0.39, 0.29) is 23.6 Å². The van der Waals surface area contributed by atoms with Crippen LogP contribution in [0.1, 0.15) is 46.9 Å². The maximum atomic E-state index is 13.7. The zero-order valence-corrected chi connectivity index (χ0v) is 20.4. The number of nitrogens with zero attached hydrogens (tertiary/aromatic N) is 3. The third kappa shape index (κ3) is 5.39. The minimum absolute atomic E-state index is 0.00571. The molecule has 4 rings (SSSR count). The first-order chi connectivity index (χ1) is 16.7. The minimum atomic E-state index is -4.68. The van der Waals surface area contributed by atoms with Crippen molar-refractivity contribution in [3.8, 4) is 0 Å². The monoisotopic (exact) mass is 503 g/mol. The molecule has 11 heteroatoms. The highest BCUT2D eigenvalue weighted by molar-refractivity contribution is 7.31. The van der Waals surface area contributed by atoms with E-state index in [4.69, 9.17) is 4.52 Å². The molecule has 0 aliphatic carbocycles. The normalized spacial score (nSPS) is 15.7. The number of aromatic nitrogens is 2. The molecule has 0 fully saturated rings. The maximum absolute atomic E-state index is 13.7. The minimum Gasteiger partial charge on any atom is -0.362 e. The van der Waals surface area contributed by atoms with Crippen molar-refractivity contribution < 1.29 is 22.5 Å². The summed E-state index contributed by atoms with van der Waals surface area (Å²) in [6, 6.07) is 12.3. The molecule has 3 aromatic rings. The molecular weight excluding hydrogens is 478 g/mol. The molecule has 1 amide bonds. The molecule has 0 spiro atoms. The molecule has 2 atom stereocenters. The van der Waals surface area contributed by atoms with Crippen molar-refractivity contribution in [3.63, 3.8) is 0 Å². The standard InChI is InChI=1S/C24H25F3N5O2P/c1-4-34-35-13-15-8-10-16(11-9-15)29-23-28-12-18(24(25,26)27)21(31-23)30-19-7-5-6-17-14(2)32(3)22(33)20(17)19/h5-12,14,35H,4,13H2,1-3H3,(H2,28,29,30,31). The molecule has 1 aromatic heterocycles. The molecule has 0 saturated carbocycles. The van der Waals surface area contributed by atoms with Crippen LogP contribution in [0.3, 0.4) is 0 Å². The third-order valence-corrected chi connectivity index (χ3v) is 6.79. The van der Waals surface area contributed by atoms with Crippen LogP contribution in [-0.4, -0.2) is 34.4 Å². The van der Waals surface area contributed by atoms with Gasteiger partial charge in [0.15, 0.2) is 0 Å². The smallest absolute Gasteiger partial charge is 0.362 e. The molecule has 1 aliphatic heterocycles. The lowest BCUT2D eigenvalue weighted by Gasteiger charge is -2.16. The Labute approximate surface area is 203 Å². The summed E-state index contributed by atoms with van der Waals surface area (Å²) < 4.78 is 46.6. The fraction of sp³-hybridized carbons (Fsp3) is 0.292. The summed E-state index contributed by atoms with van der Waals surface area (Å²) in [5, 5.41) is 5.69. The van der Waals surface area contributed by atoms with Crippen LogP contribution in [0.4, 0.5) is 36.3 Å². The topological polar surface area (TPSA) is 79.4 Å². The van der Waals surface area contributed by atoms with E-state index in [2.05, 4.69) is 20.6 Å². The Hall–Kier alpha value is -3.23. The Bertz CT molecular complexity index is 1220. The van der Waals surface area contributed by atoms with E-state index in [1.807, 2.05) is 26.0 Å². The lowest BCUT2D eigenvalue weighted by Crippen LogP contribution is -2.21. The number of hydrogen-bond acceptors (Lipinski definition) is 6. The molecule has 7 nitrogen and oxygen atoms in total. The van der Waals surface area contributed by atoms with Gasteiger partial charge in [0.1, 0.15) is 11.4 Å². The van der Waals surface area contributed by atoms with Crippen LogP contribution < -0.4 is 10.6 Å². The summed E-state index contributed by atoms with van der Waals surface area (Å²) in [6.45, 7) is 4.47. The van der Waals surface area contributed by atoms with E-state index in [1.165, 1.54) is 0 Å². The van der Waals surface area contributed by atoms with Gasteiger partial charge in [-0.3, -0.25) is 4.79 Å². The Balaban J connectivity index is 1.62. The molecule has 0 saturated heterocycles. The zero-order valence-electron chi connectivity index (χ0n) is 19.4. The van der Waals surface area contributed by atoms with E-state index < -0.39 is 17.6 Å². The van der Waals surface area contributed by atoms with Crippen molar-refractivity contribution in [2.45, 2.75) is 32.2 Å². The third-order valence-electron chi connectivity index (χ3n) is 5.74. The van der Waals surface area contributed by atoms with Crippen molar-refractivity contribution in [1.29, 1.82) is 0 Å². The Kier molecular flexibility index (Phi) is 7.23. The largest absolute Gasteiger partial charge is 0.421 e. The maximum Gasteiger partial charge on any atom is 0.421 e. The van der Waals surface area contributed by atoms with Crippen LogP contribution in [0, 0.1) is 0 Å². The number of carbonyl (C=O) groups excluding carboxylic acids is 1. The molecule has 2 N–H and O–H groups in total. The average Bonchev–Trinajstić information content (AvgIpc) is 3.04. The molecule has 35 heavy (non-hydrogen) atoms. The van der Waals surface area contributed by atoms with Gasteiger partial charge in [-0.15, -0.1) is 0 Å². The second-order valence-electron chi connectivity index (χ2n) is 8.02. The number of fused-ring (bicyclic) bond motifs is 1. The molecule has 2 unspecified atom stereocenters. The van der Waals surface area contributed by atoms with Crippen LogP contribution >= 0.6 is 8.81 Å². The van der Waals surface area contributed by atoms with Gasteiger partial charge in [0.2, 0.25) is 5.95 Å². The fourth-order valence-electron chi connectivity index (χ4n) is 3.77. The predicted octanol–water partition coefficient (Wildman–Crippen LogP) is 6.26. The van der Waals surface area contributed by atoms with Crippen LogP contribution in [0.2, 0.25) is 0 Å². The number of amides is 1. The Morgan fingerprint density at radius 2 is 1.89 bits per heavy atom. The predicted molar refractivity (Wildman–Crippen MR) is 131 cm³/mol. The summed E-state index contributed by atoms with van der Waals surface area (Å²) in [4.78, 5) is 22.2. The first-order valence-electron chi connectivity index (χ1n) is 11.0. The number of alkyl halides is 3. The van der Waals surface area contributed by atoms with E-state index >= 15 is 0 Å². The van der Waals surface area contributed by atoms with Crippen LogP contribution in [0.25, 0.3) is 0 Å². The van der Waals surface area contributed by atoms with E-state index in [9.17, 15) is 18.0 Å². The number of carbonyl (C=O) groups is 1. The van der Waals surface area contributed by atoms with Gasteiger partial charge in [-0.2, -0.15) is 18.2 Å². The van der Waals surface area contributed by atoms with E-state index in [0.717, 1.165) is 23.5 Å². The van der Waals surface area contributed by atoms with Crippen LogP contribution in [0.15, 0.2) is 48.7 Å². The lowest BCUT2D eigenvalue weighted by atomic mass is 10.0. The van der Waals surface area contributed by atoms with Crippen molar-refractivity contribution >= 4 is 37.9 Å². The highest BCUT2D eigenvalue weighted by Crippen LogP contribution is 2.40. The van der Waals surface area contributed by atoms with Crippen molar-refractivity contribution in [3.05, 3.63) is 70.9 Å². The van der Waals surface area contributed by atoms with Crippen molar-refractivity contribution in [2.75, 3.05) is 24.3 Å². The average molecular weight is 503 g/mol. The quantitative estimate of drug-likeness (QED) is 0.279. The first-order valence-corrected chi connectivity index (χ1v) is 12.1. The van der Waals surface area contributed by atoms with Gasteiger partial charge in [-0.25, -0.2) is 4.98 Å². The summed E-state index contributed by atoms with van der Waals surface area (Å²) >= 11 is 0. The number of benzene rings is 2. The number of anilines is 4. The highest BCUT2D eigenvalue weighted by atomic mass is 31.1. The summed E-state index contributed by atoms with van der Waals surface area (Å²) in [6.07, 6.45) is -3.17. The Morgan fingerprint density at radius 1 is 1.14 bits per heavy atom. The molecule has 2 aromatic carbocycles. The second kappa shape index (κ2) is 10.2. The van der Waals surface area contributed by atoms with Gasteiger partial charge in [0.05, 0.1) is 17.3 Å². The van der Waals surface area contributed by atoms with E-state index in [0.29, 0.717) is 26.7 Å². The van der Waals surface area contributed by atoms with Gasteiger partial charge >= 0.3 is 6.18 Å². The number of rotatable bonds is 8. The first kappa shape index (κ1) is 24.9. The fourth-order valence-corrected chi connectivity index (χ4v) is 4.47. The Morgan fingerprint density at radius 3 is 2.57 bits per heavy atom. The van der Waals surface area contributed by atoms with Gasteiger partial charge in [0, 0.05) is 40.5 Å². The van der Waals surface area contributed by atoms with E-state index in [1.54, 1.807) is 42.3 Å². The summed E-state index contributed by atoms with van der Waals surface area (Å²) in [5.41, 5.74) is 2.03. The SMILES string of the molecule is CCOPCc1ccc(Nc2ncc(C(F)(F)F)c(Nc3cccc4c3C(=O)N(C)C4C)n2)cc1. The number of hydrogen-bond donors (Lipinski definition) is 2. The van der Waals surface area contributed by atoms with Crippen molar-refractivity contribution in [1.82, 2.24) is 14.9 Å². The molecule has 2 heterocycles. The molecule has 1 aliphatic rings. The van der Waals surface area contributed by atoms with Crippen LogP contribution in [-0.2, 0) is 16.9 Å². The van der Waals surface area contributed by atoms with Crippen molar-refractivity contribution in [2.24, 2.45) is 0 Å². The summed E-state index contributed by atoms with van der Waals surface area (Å²) in [5.74, 6) is -0.705. The molecule has 184 valence electrons. The van der Waals surface area contributed by atoms with Gasteiger partial charge in [0.25, 0.3) is 5.91 Å². The highest BCUT2D eigenvalue weighted by Gasteiger charge is 2.37. The van der Waals surface area contributed by atoms with Crippen LogP contribution in [0.5, 0.6) is 0 Å². The molecule has 0 bridgehead atoms. The number of halogens is 3. The number of nitrogens with one attached hydrogen (secondary N) is 2. The van der Waals surface area contributed by atoms with Gasteiger partial charge in [-0.05, 0) is 43.2 Å².